The SMILES string of the molecule is O=C(c1ccc2c(c1)OCO2)N1CCN([C@@H](C(=O)N2CCCCC2)C2CCCC2)CC1. The van der Waals surface area contributed by atoms with Gasteiger partial charge in [-0.1, -0.05) is 12.8 Å². The van der Waals surface area contributed by atoms with Crippen LogP contribution in [-0.2, 0) is 4.79 Å². The van der Waals surface area contributed by atoms with Gasteiger partial charge in [0.05, 0.1) is 6.04 Å². The summed E-state index contributed by atoms with van der Waals surface area (Å²) >= 11 is 0. The first kappa shape index (κ1) is 20.6. The predicted octanol–water partition coefficient (Wildman–Crippen LogP) is 2.74. The molecule has 0 radical (unpaired) electrons. The lowest BCUT2D eigenvalue weighted by Gasteiger charge is -2.43. The number of amides is 2. The fourth-order valence-corrected chi connectivity index (χ4v) is 5.65. The first-order chi connectivity index (χ1) is 15.2. The van der Waals surface area contributed by atoms with Crippen molar-refractivity contribution >= 4 is 11.8 Å². The lowest BCUT2D eigenvalue weighted by Crippen LogP contribution is -2.59. The van der Waals surface area contributed by atoms with Crippen LogP contribution in [-0.4, -0.2) is 78.6 Å². The summed E-state index contributed by atoms with van der Waals surface area (Å²) in [5, 5.41) is 0. The summed E-state index contributed by atoms with van der Waals surface area (Å²) in [6.07, 6.45) is 8.26. The maximum atomic E-state index is 13.5. The molecule has 1 aromatic rings. The van der Waals surface area contributed by atoms with Crippen LogP contribution in [0.5, 0.6) is 11.5 Å². The van der Waals surface area contributed by atoms with E-state index >= 15 is 0 Å². The molecule has 1 aromatic carbocycles. The largest absolute Gasteiger partial charge is 0.454 e. The van der Waals surface area contributed by atoms with Gasteiger partial charge in [-0.25, -0.2) is 0 Å². The highest BCUT2D eigenvalue weighted by molar-refractivity contribution is 5.95. The number of rotatable bonds is 4. The van der Waals surface area contributed by atoms with Gasteiger partial charge in [-0.3, -0.25) is 14.5 Å². The van der Waals surface area contributed by atoms with Crippen molar-refractivity contribution < 1.29 is 19.1 Å². The number of hydrogen-bond acceptors (Lipinski definition) is 5. The summed E-state index contributed by atoms with van der Waals surface area (Å²) in [4.78, 5) is 32.9. The molecule has 1 atom stereocenters. The van der Waals surface area contributed by atoms with Crippen LogP contribution in [0, 0.1) is 5.92 Å². The molecular formula is C24H33N3O4. The smallest absolute Gasteiger partial charge is 0.254 e. The van der Waals surface area contributed by atoms with Gasteiger partial charge in [-0.05, 0) is 56.2 Å². The number of benzene rings is 1. The Balaban J connectivity index is 1.24. The molecule has 168 valence electrons. The maximum Gasteiger partial charge on any atom is 0.254 e. The maximum absolute atomic E-state index is 13.5. The van der Waals surface area contributed by atoms with Crippen molar-refractivity contribution in [1.29, 1.82) is 0 Å². The number of nitrogens with zero attached hydrogens (tertiary/aromatic N) is 3. The number of carbonyl (C=O) groups is 2. The molecule has 1 saturated carbocycles. The Morgan fingerprint density at radius 1 is 0.806 bits per heavy atom. The summed E-state index contributed by atoms with van der Waals surface area (Å²) in [5.41, 5.74) is 0.634. The molecule has 0 N–H and O–H groups in total. The van der Waals surface area contributed by atoms with Crippen molar-refractivity contribution in [3.05, 3.63) is 23.8 Å². The second kappa shape index (κ2) is 9.07. The average molecular weight is 428 g/mol. The number of piperazine rings is 1. The Morgan fingerprint density at radius 2 is 1.52 bits per heavy atom. The fourth-order valence-electron chi connectivity index (χ4n) is 5.65. The highest BCUT2D eigenvalue weighted by atomic mass is 16.7. The van der Waals surface area contributed by atoms with Crippen LogP contribution in [0.25, 0.3) is 0 Å². The molecule has 3 aliphatic heterocycles. The number of hydrogen-bond donors (Lipinski definition) is 0. The molecule has 0 unspecified atom stereocenters. The monoisotopic (exact) mass is 427 g/mol. The summed E-state index contributed by atoms with van der Waals surface area (Å²) in [7, 11) is 0. The molecule has 0 aromatic heterocycles. The number of carbonyl (C=O) groups excluding carboxylic acids is 2. The highest BCUT2D eigenvalue weighted by Gasteiger charge is 2.39. The van der Waals surface area contributed by atoms with E-state index in [0.717, 1.165) is 51.9 Å². The van der Waals surface area contributed by atoms with E-state index in [9.17, 15) is 9.59 Å². The van der Waals surface area contributed by atoms with Crippen molar-refractivity contribution in [2.75, 3.05) is 46.1 Å². The topological polar surface area (TPSA) is 62.3 Å². The van der Waals surface area contributed by atoms with E-state index in [-0.39, 0.29) is 18.7 Å². The van der Waals surface area contributed by atoms with Crippen molar-refractivity contribution in [2.24, 2.45) is 5.92 Å². The molecule has 5 rings (SSSR count). The summed E-state index contributed by atoms with van der Waals surface area (Å²) < 4.78 is 10.8. The van der Waals surface area contributed by atoms with Gasteiger partial charge in [-0.2, -0.15) is 0 Å². The molecule has 7 nitrogen and oxygen atoms in total. The van der Waals surface area contributed by atoms with E-state index in [1.54, 1.807) is 12.1 Å². The molecule has 3 fully saturated rings. The van der Waals surface area contributed by atoms with E-state index in [1.807, 2.05) is 11.0 Å². The third-order valence-electron chi connectivity index (χ3n) is 7.38. The van der Waals surface area contributed by atoms with Crippen LogP contribution in [0.2, 0.25) is 0 Å². The van der Waals surface area contributed by atoms with Crippen LogP contribution in [0.4, 0.5) is 0 Å². The number of likely N-dealkylation sites (tertiary alicyclic amines) is 1. The summed E-state index contributed by atoms with van der Waals surface area (Å²) in [5.74, 6) is 2.15. The second-order valence-corrected chi connectivity index (χ2v) is 9.27. The van der Waals surface area contributed by atoms with Gasteiger partial charge >= 0.3 is 0 Å². The van der Waals surface area contributed by atoms with E-state index in [2.05, 4.69) is 9.80 Å². The van der Waals surface area contributed by atoms with Crippen molar-refractivity contribution in [3.8, 4) is 11.5 Å². The first-order valence-corrected chi connectivity index (χ1v) is 11.9. The summed E-state index contributed by atoms with van der Waals surface area (Å²) in [6.45, 7) is 4.86. The third kappa shape index (κ3) is 4.25. The van der Waals surface area contributed by atoms with Crippen LogP contribution in [0.1, 0.15) is 55.3 Å². The third-order valence-corrected chi connectivity index (χ3v) is 7.38. The zero-order valence-electron chi connectivity index (χ0n) is 18.3. The molecule has 7 heteroatoms. The highest BCUT2D eigenvalue weighted by Crippen LogP contribution is 2.34. The van der Waals surface area contributed by atoms with Gasteiger partial charge < -0.3 is 19.3 Å². The van der Waals surface area contributed by atoms with Crippen molar-refractivity contribution in [2.45, 2.75) is 51.0 Å². The van der Waals surface area contributed by atoms with Crippen LogP contribution < -0.4 is 9.47 Å². The number of ether oxygens (including phenoxy) is 2. The first-order valence-electron chi connectivity index (χ1n) is 11.9. The quantitative estimate of drug-likeness (QED) is 0.740. The fraction of sp³-hybridized carbons (Fsp3) is 0.667. The lowest BCUT2D eigenvalue weighted by atomic mass is 9.93. The zero-order valence-corrected chi connectivity index (χ0v) is 18.3. The standard InChI is InChI=1S/C24H33N3O4/c28-23(19-8-9-20-21(16-19)31-17-30-20)27-14-12-25(13-15-27)22(18-6-2-3-7-18)24(29)26-10-4-1-5-11-26/h8-9,16,18,22H,1-7,10-15,17H2/t22-/m1/s1. The zero-order chi connectivity index (χ0) is 21.2. The van der Waals surface area contributed by atoms with Gasteiger partial charge in [-0.15, -0.1) is 0 Å². The van der Waals surface area contributed by atoms with E-state index in [1.165, 1.54) is 19.3 Å². The number of fused-ring (bicyclic) bond motifs is 1. The van der Waals surface area contributed by atoms with E-state index < -0.39 is 0 Å². The minimum atomic E-state index is -0.0107. The molecule has 2 saturated heterocycles. The Morgan fingerprint density at radius 3 is 2.26 bits per heavy atom. The van der Waals surface area contributed by atoms with Crippen LogP contribution in [0.3, 0.4) is 0 Å². The predicted molar refractivity (Wildman–Crippen MR) is 116 cm³/mol. The molecule has 0 bridgehead atoms. The minimum Gasteiger partial charge on any atom is -0.454 e. The molecule has 3 heterocycles. The van der Waals surface area contributed by atoms with Gasteiger partial charge in [0.2, 0.25) is 12.7 Å². The Labute approximate surface area is 184 Å². The molecule has 4 aliphatic rings. The van der Waals surface area contributed by atoms with Crippen LogP contribution in [0.15, 0.2) is 18.2 Å². The second-order valence-electron chi connectivity index (χ2n) is 9.27. The molecule has 1 aliphatic carbocycles. The minimum absolute atomic E-state index is 0.0107. The van der Waals surface area contributed by atoms with Gasteiger partial charge in [0.15, 0.2) is 11.5 Å². The molecular weight excluding hydrogens is 394 g/mol. The Bertz CT molecular complexity index is 809. The molecule has 0 spiro atoms. The van der Waals surface area contributed by atoms with Crippen molar-refractivity contribution in [1.82, 2.24) is 14.7 Å². The Kier molecular flexibility index (Phi) is 6.03. The van der Waals surface area contributed by atoms with Crippen LogP contribution >= 0.6 is 0 Å². The van der Waals surface area contributed by atoms with Gasteiger partial charge in [0, 0.05) is 44.8 Å². The Hall–Kier alpha value is -2.28. The lowest BCUT2D eigenvalue weighted by molar-refractivity contribution is -0.140. The average Bonchev–Trinajstić information content (AvgIpc) is 3.51. The molecule has 2 amide bonds. The normalized spacial score (nSPS) is 23.2. The van der Waals surface area contributed by atoms with Crippen molar-refractivity contribution in [3.63, 3.8) is 0 Å². The van der Waals surface area contributed by atoms with Gasteiger partial charge in [0.1, 0.15) is 0 Å². The van der Waals surface area contributed by atoms with E-state index in [4.69, 9.17) is 9.47 Å². The number of piperidine rings is 1. The summed E-state index contributed by atoms with van der Waals surface area (Å²) in [6, 6.07) is 5.38. The van der Waals surface area contributed by atoms with E-state index in [0.29, 0.717) is 42.0 Å². The van der Waals surface area contributed by atoms with Gasteiger partial charge in [0.25, 0.3) is 5.91 Å². The molecule has 31 heavy (non-hydrogen) atoms.